The average Bonchev–Trinajstić information content (AvgIpc) is 2.72. The Morgan fingerprint density at radius 2 is 1.95 bits per heavy atom. The maximum absolute atomic E-state index is 12.4. The van der Waals surface area contributed by atoms with E-state index in [2.05, 4.69) is 0 Å². The molecule has 1 aromatic carbocycles. The molecular weight excluding hydrogens is 306 g/mol. The Bertz CT molecular complexity index is 542. The minimum Gasteiger partial charge on any atom is -0.212 e. The van der Waals surface area contributed by atoms with E-state index in [4.69, 9.17) is 11.6 Å². The van der Waals surface area contributed by atoms with Crippen molar-refractivity contribution in [3.8, 4) is 0 Å². The fraction of sp³-hybridized carbons (Fsp3) is 0.625. The van der Waals surface area contributed by atoms with Crippen LogP contribution in [0.15, 0.2) is 24.3 Å². The largest absolute Gasteiger partial charge is 0.214 e. The minimum absolute atomic E-state index is 0.275. The van der Waals surface area contributed by atoms with Gasteiger partial charge in [0.05, 0.1) is 5.75 Å². The zero-order chi connectivity index (χ0) is 15.3. The third-order valence-corrected chi connectivity index (χ3v) is 6.30. The minimum atomic E-state index is -3.11. The van der Waals surface area contributed by atoms with Crippen LogP contribution in [0.5, 0.6) is 0 Å². The van der Waals surface area contributed by atoms with Crippen molar-refractivity contribution in [2.75, 3.05) is 18.8 Å². The molecule has 0 N–H and O–H groups in total. The van der Waals surface area contributed by atoms with Gasteiger partial charge in [-0.05, 0) is 42.9 Å². The number of sulfonamides is 1. The van der Waals surface area contributed by atoms with Crippen LogP contribution in [-0.2, 0) is 10.0 Å². The van der Waals surface area contributed by atoms with Gasteiger partial charge in [-0.25, -0.2) is 12.7 Å². The summed E-state index contributed by atoms with van der Waals surface area (Å²) in [6.45, 7) is 3.29. The van der Waals surface area contributed by atoms with Crippen LogP contribution in [-0.4, -0.2) is 31.6 Å². The highest BCUT2D eigenvalue weighted by molar-refractivity contribution is 7.89. The van der Waals surface area contributed by atoms with Gasteiger partial charge in [0.2, 0.25) is 10.0 Å². The van der Waals surface area contributed by atoms with Crippen LogP contribution >= 0.6 is 11.6 Å². The van der Waals surface area contributed by atoms with Gasteiger partial charge >= 0.3 is 0 Å². The Labute approximate surface area is 133 Å². The Kier molecular flexibility index (Phi) is 6.08. The van der Waals surface area contributed by atoms with Crippen molar-refractivity contribution in [3.63, 3.8) is 0 Å². The molecule has 3 nitrogen and oxygen atoms in total. The molecule has 1 atom stereocenters. The molecule has 0 aromatic heterocycles. The lowest BCUT2D eigenvalue weighted by molar-refractivity contribution is 0.405. The van der Waals surface area contributed by atoms with E-state index in [1.807, 2.05) is 31.2 Å². The lowest BCUT2D eigenvalue weighted by Gasteiger charge is -2.24. The second kappa shape index (κ2) is 7.61. The summed E-state index contributed by atoms with van der Waals surface area (Å²) >= 11 is 5.93. The monoisotopic (exact) mass is 329 g/mol. The summed E-state index contributed by atoms with van der Waals surface area (Å²) in [5.74, 6) is 0.554. The molecular formula is C16H24ClNO2S. The molecule has 0 saturated carbocycles. The Morgan fingerprint density at radius 3 is 2.62 bits per heavy atom. The molecule has 0 amide bonds. The summed E-state index contributed by atoms with van der Waals surface area (Å²) < 4.78 is 26.6. The van der Waals surface area contributed by atoms with E-state index in [1.165, 1.54) is 5.56 Å². The van der Waals surface area contributed by atoms with Crippen molar-refractivity contribution in [1.82, 2.24) is 4.31 Å². The maximum Gasteiger partial charge on any atom is 0.214 e. The summed E-state index contributed by atoms with van der Waals surface area (Å²) in [4.78, 5) is 0. The molecule has 5 heteroatoms. The van der Waals surface area contributed by atoms with Gasteiger partial charge in [0.15, 0.2) is 0 Å². The first-order valence-corrected chi connectivity index (χ1v) is 9.75. The Balaban J connectivity index is 2.12. The van der Waals surface area contributed by atoms with Gasteiger partial charge in [0, 0.05) is 18.1 Å². The Morgan fingerprint density at radius 1 is 1.24 bits per heavy atom. The van der Waals surface area contributed by atoms with E-state index < -0.39 is 10.0 Å². The standard InChI is InChI=1S/C16H24ClNO2S/c1-2-3-12-21(19,20)18-11-5-4-6-15(13-18)14-7-9-16(17)10-8-14/h7-10,15H,2-6,11-13H2,1H3. The van der Waals surface area contributed by atoms with Crippen LogP contribution in [0.25, 0.3) is 0 Å². The zero-order valence-corrected chi connectivity index (χ0v) is 14.2. The SMILES string of the molecule is CCCCS(=O)(=O)N1CCCCC(c2ccc(Cl)cc2)C1. The van der Waals surface area contributed by atoms with Gasteiger partial charge in [0.25, 0.3) is 0 Å². The second-order valence-electron chi connectivity index (χ2n) is 5.77. The van der Waals surface area contributed by atoms with Crippen LogP contribution < -0.4 is 0 Å². The topological polar surface area (TPSA) is 37.4 Å². The second-order valence-corrected chi connectivity index (χ2v) is 8.30. The van der Waals surface area contributed by atoms with Crippen molar-refractivity contribution in [3.05, 3.63) is 34.9 Å². The van der Waals surface area contributed by atoms with Crippen LogP contribution in [0.1, 0.15) is 50.5 Å². The summed E-state index contributed by atoms with van der Waals surface area (Å²) in [6.07, 6.45) is 4.72. The molecule has 0 radical (unpaired) electrons. The van der Waals surface area contributed by atoms with Gasteiger partial charge in [0.1, 0.15) is 0 Å². The van der Waals surface area contributed by atoms with E-state index in [9.17, 15) is 8.42 Å². The molecule has 0 bridgehead atoms. The van der Waals surface area contributed by atoms with Crippen molar-refractivity contribution >= 4 is 21.6 Å². The molecule has 1 saturated heterocycles. The highest BCUT2D eigenvalue weighted by Crippen LogP contribution is 2.28. The summed E-state index contributed by atoms with van der Waals surface area (Å²) in [5, 5.41) is 0.722. The lowest BCUT2D eigenvalue weighted by atomic mass is 9.95. The highest BCUT2D eigenvalue weighted by atomic mass is 35.5. The molecule has 2 rings (SSSR count). The number of halogens is 1. The van der Waals surface area contributed by atoms with Crippen LogP contribution in [0.2, 0.25) is 5.02 Å². The van der Waals surface area contributed by atoms with Gasteiger partial charge in [-0.3, -0.25) is 0 Å². The molecule has 0 aliphatic carbocycles. The van der Waals surface area contributed by atoms with Crippen LogP contribution in [0, 0.1) is 0 Å². The summed E-state index contributed by atoms with van der Waals surface area (Å²) in [5.41, 5.74) is 1.19. The molecule has 1 fully saturated rings. The van der Waals surface area contributed by atoms with Crippen molar-refractivity contribution in [1.29, 1.82) is 0 Å². The molecule has 1 aliphatic rings. The third kappa shape index (κ3) is 4.70. The molecule has 1 heterocycles. The van der Waals surface area contributed by atoms with Crippen LogP contribution in [0.3, 0.4) is 0 Å². The normalized spacial score (nSPS) is 21.1. The zero-order valence-electron chi connectivity index (χ0n) is 12.6. The van der Waals surface area contributed by atoms with E-state index in [-0.39, 0.29) is 11.7 Å². The number of hydrogen-bond acceptors (Lipinski definition) is 2. The summed E-state index contributed by atoms with van der Waals surface area (Å²) in [7, 11) is -3.11. The highest BCUT2D eigenvalue weighted by Gasteiger charge is 2.27. The third-order valence-electron chi connectivity index (χ3n) is 4.12. The smallest absolute Gasteiger partial charge is 0.212 e. The number of benzene rings is 1. The first-order valence-electron chi connectivity index (χ1n) is 7.76. The quantitative estimate of drug-likeness (QED) is 0.817. The average molecular weight is 330 g/mol. The predicted molar refractivity (Wildman–Crippen MR) is 88.3 cm³/mol. The van der Waals surface area contributed by atoms with E-state index in [1.54, 1.807) is 4.31 Å². The predicted octanol–water partition coefficient (Wildman–Crippen LogP) is 4.04. The lowest BCUT2D eigenvalue weighted by Crippen LogP contribution is -2.35. The molecule has 0 spiro atoms. The van der Waals surface area contributed by atoms with E-state index in [0.717, 1.165) is 37.1 Å². The number of unbranched alkanes of at least 4 members (excludes halogenated alkanes) is 1. The first-order chi connectivity index (χ1) is 10.0. The van der Waals surface area contributed by atoms with E-state index >= 15 is 0 Å². The van der Waals surface area contributed by atoms with Crippen molar-refractivity contribution in [2.45, 2.75) is 44.9 Å². The van der Waals surface area contributed by atoms with Gasteiger partial charge in [-0.1, -0.05) is 43.5 Å². The molecule has 1 unspecified atom stereocenters. The fourth-order valence-electron chi connectivity index (χ4n) is 2.82. The first kappa shape index (κ1) is 16.8. The maximum atomic E-state index is 12.4. The van der Waals surface area contributed by atoms with E-state index in [0.29, 0.717) is 13.1 Å². The Hall–Kier alpha value is -0.580. The van der Waals surface area contributed by atoms with Crippen LogP contribution in [0.4, 0.5) is 0 Å². The van der Waals surface area contributed by atoms with Gasteiger partial charge < -0.3 is 0 Å². The van der Waals surface area contributed by atoms with Gasteiger partial charge in [-0.2, -0.15) is 0 Å². The molecule has 21 heavy (non-hydrogen) atoms. The number of hydrogen-bond donors (Lipinski definition) is 0. The molecule has 1 aliphatic heterocycles. The summed E-state index contributed by atoms with van der Waals surface area (Å²) in [6, 6.07) is 7.82. The molecule has 118 valence electrons. The molecule has 1 aromatic rings. The number of rotatable bonds is 5. The van der Waals surface area contributed by atoms with Gasteiger partial charge in [-0.15, -0.1) is 0 Å². The van der Waals surface area contributed by atoms with Crippen molar-refractivity contribution < 1.29 is 8.42 Å². The fourth-order valence-corrected chi connectivity index (χ4v) is 4.67. The number of nitrogens with zero attached hydrogens (tertiary/aromatic N) is 1. The van der Waals surface area contributed by atoms with Crippen molar-refractivity contribution in [2.24, 2.45) is 0 Å².